The van der Waals surface area contributed by atoms with Crippen molar-refractivity contribution in [2.45, 2.75) is 31.3 Å². The maximum atomic E-state index is 9.92. The molecule has 86 valence electrons. The summed E-state index contributed by atoms with van der Waals surface area (Å²) in [5.41, 5.74) is 0.900. The maximum Gasteiger partial charge on any atom is 0.126 e. The van der Waals surface area contributed by atoms with Gasteiger partial charge in [0.2, 0.25) is 0 Å². The van der Waals surface area contributed by atoms with E-state index < -0.39 is 0 Å². The molecule has 1 heterocycles. The smallest absolute Gasteiger partial charge is 0.126 e. The number of hydrogen-bond donors (Lipinski definition) is 2. The molecule has 2 aliphatic rings. The molecular weight excluding hydrogens is 204 g/mol. The molecule has 3 nitrogen and oxygen atoms in total. The van der Waals surface area contributed by atoms with Gasteiger partial charge in [-0.05, 0) is 37.3 Å². The predicted molar refractivity (Wildman–Crippen MR) is 59.7 cm³/mol. The molecule has 1 aromatic rings. The van der Waals surface area contributed by atoms with E-state index in [9.17, 15) is 10.2 Å². The zero-order chi connectivity index (χ0) is 11.1. The Labute approximate surface area is 94.7 Å². The maximum absolute atomic E-state index is 9.92. The lowest BCUT2D eigenvalue weighted by atomic mass is 9.73. The Balaban J connectivity index is 2.02. The molecule has 3 unspecified atom stereocenters. The standard InChI is InChI=1S/C13H16O3/c14-9-5-4-8-7-16-12-3-1-2-11(15)13(12)10(8)6-9/h1-3,8-10,14-15H,4-7H2. The van der Waals surface area contributed by atoms with Crippen molar-refractivity contribution in [2.24, 2.45) is 5.92 Å². The van der Waals surface area contributed by atoms with Gasteiger partial charge in [0.05, 0.1) is 12.7 Å². The molecule has 0 spiro atoms. The molecular formula is C13H16O3. The van der Waals surface area contributed by atoms with Crippen LogP contribution < -0.4 is 4.74 Å². The number of phenols is 1. The minimum absolute atomic E-state index is 0.230. The average molecular weight is 220 g/mol. The summed E-state index contributed by atoms with van der Waals surface area (Å²) in [5, 5.41) is 19.7. The van der Waals surface area contributed by atoms with Crippen LogP contribution in [0.25, 0.3) is 0 Å². The first-order valence-electron chi connectivity index (χ1n) is 5.88. The van der Waals surface area contributed by atoms with Crippen LogP contribution in [0.5, 0.6) is 11.5 Å². The van der Waals surface area contributed by atoms with Crippen LogP contribution in [0, 0.1) is 5.92 Å². The van der Waals surface area contributed by atoms with Gasteiger partial charge >= 0.3 is 0 Å². The van der Waals surface area contributed by atoms with E-state index in [2.05, 4.69) is 0 Å². The predicted octanol–water partition coefficient (Wildman–Crippen LogP) is 2.03. The first-order chi connectivity index (χ1) is 7.75. The normalized spacial score (nSPS) is 32.4. The third-order valence-corrected chi connectivity index (χ3v) is 3.83. The van der Waals surface area contributed by atoms with Gasteiger partial charge in [-0.3, -0.25) is 0 Å². The van der Waals surface area contributed by atoms with Gasteiger partial charge in [0, 0.05) is 11.5 Å². The van der Waals surface area contributed by atoms with Crippen LogP contribution in [-0.4, -0.2) is 22.9 Å². The summed E-state index contributed by atoms with van der Waals surface area (Å²) in [6.45, 7) is 0.716. The van der Waals surface area contributed by atoms with Crippen molar-refractivity contribution in [3.05, 3.63) is 23.8 Å². The third kappa shape index (κ3) is 1.47. The number of hydrogen-bond acceptors (Lipinski definition) is 3. The quantitative estimate of drug-likeness (QED) is 0.703. The highest BCUT2D eigenvalue weighted by Crippen LogP contribution is 2.48. The van der Waals surface area contributed by atoms with E-state index in [1.165, 1.54) is 0 Å². The number of ether oxygens (including phenoxy) is 1. The van der Waals surface area contributed by atoms with Gasteiger partial charge in [-0.15, -0.1) is 0 Å². The number of aliphatic hydroxyl groups is 1. The number of aromatic hydroxyl groups is 1. The Morgan fingerprint density at radius 1 is 1.25 bits per heavy atom. The number of phenolic OH excluding ortho intramolecular Hbond substituents is 1. The summed E-state index contributed by atoms with van der Waals surface area (Å²) in [6, 6.07) is 5.39. The van der Waals surface area contributed by atoms with Crippen molar-refractivity contribution in [3.63, 3.8) is 0 Å². The van der Waals surface area contributed by atoms with Crippen LogP contribution in [0.2, 0.25) is 0 Å². The SMILES string of the molecule is Oc1cccc2c1C1CC(O)CCC1CO2. The summed E-state index contributed by atoms with van der Waals surface area (Å²) in [5.74, 6) is 1.80. The zero-order valence-corrected chi connectivity index (χ0v) is 9.10. The average Bonchev–Trinajstić information content (AvgIpc) is 2.28. The van der Waals surface area contributed by atoms with Gasteiger partial charge in [-0.2, -0.15) is 0 Å². The first kappa shape index (κ1) is 9.97. The van der Waals surface area contributed by atoms with E-state index in [0.29, 0.717) is 18.3 Å². The highest BCUT2D eigenvalue weighted by atomic mass is 16.5. The van der Waals surface area contributed by atoms with Crippen LogP contribution in [0.3, 0.4) is 0 Å². The minimum atomic E-state index is -0.230. The molecule has 0 amide bonds. The Hall–Kier alpha value is -1.22. The summed E-state index contributed by atoms with van der Waals surface area (Å²) in [4.78, 5) is 0. The van der Waals surface area contributed by atoms with Gasteiger partial charge < -0.3 is 14.9 Å². The topological polar surface area (TPSA) is 49.7 Å². The van der Waals surface area contributed by atoms with Crippen molar-refractivity contribution >= 4 is 0 Å². The van der Waals surface area contributed by atoms with Crippen LogP contribution in [0.4, 0.5) is 0 Å². The molecule has 1 aliphatic carbocycles. The van der Waals surface area contributed by atoms with Crippen molar-refractivity contribution in [3.8, 4) is 11.5 Å². The number of fused-ring (bicyclic) bond motifs is 3. The van der Waals surface area contributed by atoms with Crippen LogP contribution in [-0.2, 0) is 0 Å². The van der Waals surface area contributed by atoms with Gasteiger partial charge in [0.15, 0.2) is 0 Å². The van der Waals surface area contributed by atoms with Crippen molar-refractivity contribution in [1.29, 1.82) is 0 Å². The minimum Gasteiger partial charge on any atom is -0.508 e. The molecule has 1 aliphatic heterocycles. The lowest BCUT2D eigenvalue weighted by Gasteiger charge is -2.38. The van der Waals surface area contributed by atoms with E-state index in [-0.39, 0.29) is 12.0 Å². The molecule has 3 heteroatoms. The fraction of sp³-hybridized carbons (Fsp3) is 0.538. The summed E-state index contributed by atoms with van der Waals surface area (Å²) >= 11 is 0. The summed E-state index contributed by atoms with van der Waals surface area (Å²) in [6.07, 6.45) is 2.36. The number of benzene rings is 1. The molecule has 0 saturated heterocycles. The molecule has 1 aromatic carbocycles. The van der Waals surface area contributed by atoms with Crippen LogP contribution in [0.1, 0.15) is 30.7 Å². The van der Waals surface area contributed by atoms with Gasteiger partial charge in [0.1, 0.15) is 11.5 Å². The largest absolute Gasteiger partial charge is 0.508 e. The Bertz CT molecular complexity index is 402. The molecule has 3 rings (SSSR count). The summed E-state index contributed by atoms with van der Waals surface area (Å²) in [7, 11) is 0. The lowest BCUT2D eigenvalue weighted by Crippen LogP contribution is -2.33. The van der Waals surface area contributed by atoms with Crippen molar-refractivity contribution in [2.75, 3.05) is 6.61 Å². The van der Waals surface area contributed by atoms with E-state index >= 15 is 0 Å². The highest BCUT2D eigenvalue weighted by molar-refractivity contribution is 5.48. The van der Waals surface area contributed by atoms with Gasteiger partial charge in [-0.25, -0.2) is 0 Å². The van der Waals surface area contributed by atoms with E-state index in [4.69, 9.17) is 4.74 Å². The Morgan fingerprint density at radius 2 is 2.12 bits per heavy atom. The fourth-order valence-electron chi connectivity index (χ4n) is 2.99. The van der Waals surface area contributed by atoms with Gasteiger partial charge in [-0.1, -0.05) is 6.07 Å². The lowest BCUT2D eigenvalue weighted by molar-refractivity contribution is 0.0628. The second-order valence-electron chi connectivity index (χ2n) is 4.83. The fourth-order valence-corrected chi connectivity index (χ4v) is 2.99. The molecule has 0 aromatic heterocycles. The molecule has 0 bridgehead atoms. The second kappa shape index (κ2) is 3.67. The van der Waals surface area contributed by atoms with E-state index in [0.717, 1.165) is 30.6 Å². The highest BCUT2D eigenvalue weighted by Gasteiger charge is 2.37. The molecule has 2 N–H and O–H groups in total. The van der Waals surface area contributed by atoms with E-state index in [1.54, 1.807) is 12.1 Å². The number of aliphatic hydroxyl groups excluding tert-OH is 1. The molecule has 1 fully saturated rings. The summed E-state index contributed by atoms with van der Waals surface area (Å²) < 4.78 is 5.67. The molecule has 3 atom stereocenters. The second-order valence-corrected chi connectivity index (χ2v) is 4.83. The first-order valence-corrected chi connectivity index (χ1v) is 5.88. The monoisotopic (exact) mass is 220 g/mol. The Kier molecular flexibility index (Phi) is 2.28. The van der Waals surface area contributed by atoms with E-state index in [1.807, 2.05) is 6.07 Å². The van der Waals surface area contributed by atoms with Gasteiger partial charge in [0.25, 0.3) is 0 Å². The van der Waals surface area contributed by atoms with Crippen LogP contribution in [0.15, 0.2) is 18.2 Å². The molecule has 1 saturated carbocycles. The molecule has 16 heavy (non-hydrogen) atoms. The van der Waals surface area contributed by atoms with Crippen molar-refractivity contribution in [1.82, 2.24) is 0 Å². The molecule has 0 radical (unpaired) electrons. The number of rotatable bonds is 0. The Morgan fingerprint density at radius 3 is 3.00 bits per heavy atom. The van der Waals surface area contributed by atoms with Crippen LogP contribution >= 0.6 is 0 Å². The van der Waals surface area contributed by atoms with Crippen molar-refractivity contribution < 1.29 is 14.9 Å². The zero-order valence-electron chi connectivity index (χ0n) is 9.10. The third-order valence-electron chi connectivity index (χ3n) is 3.83.